The van der Waals surface area contributed by atoms with E-state index >= 15 is 0 Å². The van der Waals surface area contributed by atoms with Crippen LogP contribution in [0.15, 0.2) is 24.3 Å². The van der Waals surface area contributed by atoms with Gasteiger partial charge in [0.1, 0.15) is 0 Å². The Bertz CT molecular complexity index is 450. The predicted molar refractivity (Wildman–Crippen MR) is 77.9 cm³/mol. The minimum atomic E-state index is -0.129. The Morgan fingerprint density at radius 1 is 1.37 bits per heavy atom. The monoisotopic (exact) mass is 261 g/mol. The molecule has 1 saturated heterocycles. The Balaban J connectivity index is 2.15. The summed E-state index contributed by atoms with van der Waals surface area (Å²) in [7, 11) is 0. The van der Waals surface area contributed by atoms with Crippen molar-refractivity contribution in [2.45, 2.75) is 45.8 Å². The fraction of sp³-hybridized carbons (Fsp3) is 0.562. The zero-order chi connectivity index (χ0) is 14.0. The summed E-state index contributed by atoms with van der Waals surface area (Å²) >= 11 is 0. The van der Waals surface area contributed by atoms with Crippen molar-refractivity contribution < 1.29 is 9.53 Å². The summed E-state index contributed by atoms with van der Waals surface area (Å²) in [6.45, 7) is 9.99. The first-order valence-electron chi connectivity index (χ1n) is 6.97. The van der Waals surface area contributed by atoms with E-state index in [1.807, 2.05) is 31.2 Å². The number of carbonyl (C=O) groups excluding carboxylic acids is 1. The molecule has 1 aromatic carbocycles. The summed E-state index contributed by atoms with van der Waals surface area (Å²) in [6, 6.07) is 7.93. The van der Waals surface area contributed by atoms with Gasteiger partial charge in [0.2, 0.25) is 0 Å². The predicted octanol–water partition coefficient (Wildman–Crippen LogP) is 3.28. The molecule has 3 nitrogen and oxygen atoms in total. The van der Waals surface area contributed by atoms with Crippen LogP contribution in [0.1, 0.15) is 44.5 Å². The van der Waals surface area contributed by atoms with Crippen molar-refractivity contribution in [2.75, 3.05) is 18.0 Å². The molecule has 0 radical (unpaired) electrons. The fourth-order valence-electron chi connectivity index (χ4n) is 2.71. The minimum absolute atomic E-state index is 0.129. The van der Waals surface area contributed by atoms with Gasteiger partial charge in [-0.3, -0.25) is 4.79 Å². The standard InChI is InChI=1S/C16H23NO2/c1-5-15(18)13-6-8-14(9-7-13)17-10-12(2)19-16(3,4)11-17/h6-9,12H,5,10-11H2,1-4H3. The van der Waals surface area contributed by atoms with Crippen LogP contribution in [-0.2, 0) is 4.74 Å². The second-order valence-electron chi connectivity index (χ2n) is 5.89. The average molecular weight is 261 g/mol. The highest BCUT2D eigenvalue weighted by Gasteiger charge is 2.31. The number of carbonyl (C=O) groups is 1. The number of Topliss-reactive ketones (excluding diaryl/α,β-unsaturated/α-hetero) is 1. The van der Waals surface area contributed by atoms with E-state index in [0.717, 1.165) is 24.3 Å². The van der Waals surface area contributed by atoms with Gasteiger partial charge in [-0.2, -0.15) is 0 Å². The third-order valence-corrected chi connectivity index (χ3v) is 3.44. The molecule has 1 unspecified atom stereocenters. The van der Waals surface area contributed by atoms with Crippen LogP contribution in [0.4, 0.5) is 5.69 Å². The molecule has 2 rings (SSSR count). The van der Waals surface area contributed by atoms with Crippen LogP contribution in [0.5, 0.6) is 0 Å². The molecule has 19 heavy (non-hydrogen) atoms. The molecule has 0 aliphatic carbocycles. The molecule has 0 amide bonds. The third kappa shape index (κ3) is 3.35. The summed E-state index contributed by atoms with van der Waals surface area (Å²) in [4.78, 5) is 14.0. The highest BCUT2D eigenvalue weighted by Crippen LogP contribution is 2.26. The van der Waals surface area contributed by atoms with Gasteiger partial charge in [0.05, 0.1) is 11.7 Å². The number of ether oxygens (including phenoxy) is 1. The number of anilines is 1. The van der Waals surface area contributed by atoms with Gasteiger partial charge in [0.25, 0.3) is 0 Å². The molecule has 3 heteroatoms. The normalized spacial score (nSPS) is 22.3. The van der Waals surface area contributed by atoms with E-state index in [2.05, 4.69) is 25.7 Å². The van der Waals surface area contributed by atoms with Crippen molar-refractivity contribution >= 4 is 11.5 Å². The topological polar surface area (TPSA) is 29.5 Å². The third-order valence-electron chi connectivity index (χ3n) is 3.44. The molecule has 1 aromatic rings. The van der Waals surface area contributed by atoms with Crippen LogP contribution in [0.2, 0.25) is 0 Å². The molecule has 1 aliphatic heterocycles. The second kappa shape index (κ2) is 5.33. The lowest BCUT2D eigenvalue weighted by Crippen LogP contribution is -2.52. The number of hydrogen-bond donors (Lipinski definition) is 0. The van der Waals surface area contributed by atoms with Gasteiger partial charge in [-0.15, -0.1) is 0 Å². The molecule has 1 atom stereocenters. The van der Waals surface area contributed by atoms with E-state index in [0.29, 0.717) is 6.42 Å². The summed E-state index contributed by atoms with van der Waals surface area (Å²) in [6.07, 6.45) is 0.779. The molecule has 1 heterocycles. The van der Waals surface area contributed by atoms with E-state index in [-0.39, 0.29) is 17.5 Å². The fourth-order valence-corrected chi connectivity index (χ4v) is 2.71. The molecule has 1 fully saturated rings. The van der Waals surface area contributed by atoms with Crippen LogP contribution in [-0.4, -0.2) is 30.6 Å². The highest BCUT2D eigenvalue weighted by molar-refractivity contribution is 5.96. The van der Waals surface area contributed by atoms with Crippen molar-refractivity contribution in [1.82, 2.24) is 0 Å². The Morgan fingerprint density at radius 2 is 2.00 bits per heavy atom. The zero-order valence-electron chi connectivity index (χ0n) is 12.3. The van der Waals surface area contributed by atoms with Gasteiger partial charge in [-0.1, -0.05) is 6.92 Å². The first kappa shape index (κ1) is 14.1. The largest absolute Gasteiger partial charge is 0.369 e. The summed E-state index contributed by atoms with van der Waals surface area (Å²) in [5.41, 5.74) is 1.83. The highest BCUT2D eigenvalue weighted by atomic mass is 16.5. The average Bonchev–Trinajstić information content (AvgIpc) is 2.35. The van der Waals surface area contributed by atoms with Crippen LogP contribution in [0, 0.1) is 0 Å². The van der Waals surface area contributed by atoms with Crippen LogP contribution in [0.3, 0.4) is 0 Å². The summed E-state index contributed by atoms with van der Waals surface area (Å²) in [5.74, 6) is 0.197. The molecule has 0 N–H and O–H groups in total. The Kier molecular flexibility index (Phi) is 3.95. The molecule has 0 spiro atoms. The van der Waals surface area contributed by atoms with Gasteiger partial charge in [-0.25, -0.2) is 0 Å². The van der Waals surface area contributed by atoms with Gasteiger partial charge >= 0.3 is 0 Å². The molecule has 1 aliphatic rings. The lowest BCUT2D eigenvalue weighted by Gasteiger charge is -2.43. The second-order valence-corrected chi connectivity index (χ2v) is 5.89. The van der Waals surface area contributed by atoms with Crippen LogP contribution in [0.25, 0.3) is 0 Å². The summed E-state index contributed by atoms with van der Waals surface area (Å²) < 4.78 is 5.91. The maximum absolute atomic E-state index is 11.6. The molecule has 0 saturated carbocycles. The molecule has 0 bridgehead atoms. The lowest BCUT2D eigenvalue weighted by molar-refractivity contribution is -0.0749. The lowest BCUT2D eigenvalue weighted by atomic mass is 10.0. The number of rotatable bonds is 3. The van der Waals surface area contributed by atoms with Gasteiger partial charge < -0.3 is 9.64 Å². The van der Waals surface area contributed by atoms with Crippen molar-refractivity contribution in [2.24, 2.45) is 0 Å². The van der Waals surface area contributed by atoms with E-state index in [9.17, 15) is 4.79 Å². The minimum Gasteiger partial charge on any atom is -0.369 e. The van der Waals surface area contributed by atoms with Crippen LogP contribution >= 0.6 is 0 Å². The van der Waals surface area contributed by atoms with Crippen molar-refractivity contribution in [3.8, 4) is 0 Å². The van der Waals surface area contributed by atoms with Crippen LogP contribution < -0.4 is 4.90 Å². The SMILES string of the molecule is CCC(=O)c1ccc(N2CC(C)OC(C)(C)C2)cc1. The smallest absolute Gasteiger partial charge is 0.162 e. The first-order chi connectivity index (χ1) is 8.91. The molecular weight excluding hydrogens is 238 g/mol. The van der Waals surface area contributed by atoms with E-state index in [1.165, 1.54) is 0 Å². The molecular formula is C16H23NO2. The number of morpholine rings is 1. The van der Waals surface area contributed by atoms with Crippen molar-refractivity contribution in [3.63, 3.8) is 0 Å². The maximum Gasteiger partial charge on any atom is 0.162 e. The van der Waals surface area contributed by atoms with Crippen molar-refractivity contribution in [1.29, 1.82) is 0 Å². The number of nitrogens with zero attached hydrogens (tertiary/aromatic N) is 1. The van der Waals surface area contributed by atoms with Crippen molar-refractivity contribution in [3.05, 3.63) is 29.8 Å². The maximum atomic E-state index is 11.6. The Labute approximate surface area is 115 Å². The van der Waals surface area contributed by atoms with E-state index in [4.69, 9.17) is 4.74 Å². The van der Waals surface area contributed by atoms with E-state index in [1.54, 1.807) is 0 Å². The van der Waals surface area contributed by atoms with E-state index < -0.39 is 0 Å². The first-order valence-corrected chi connectivity index (χ1v) is 6.97. The number of benzene rings is 1. The Morgan fingerprint density at radius 3 is 2.53 bits per heavy atom. The molecule has 0 aromatic heterocycles. The number of hydrogen-bond acceptors (Lipinski definition) is 3. The quantitative estimate of drug-likeness (QED) is 0.782. The summed E-state index contributed by atoms with van der Waals surface area (Å²) in [5, 5.41) is 0. The van der Waals surface area contributed by atoms with Gasteiger partial charge in [-0.05, 0) is 45.0 Å². The van der Waals surface area contributed by atoms with Gasteiger partial charge in [0, 0.05) is 30.8 Å². The van der Waals surface area contributed by atoms with Gasteiger partial charge in [0.15, 0.2) is 5.78 Å². The Hall–Kier alpha value is -1.35. The number of ketones is 1. The zero-order valence-corrected chi connectivity index (χ0v) is 12.3. The molecule has 104 valence electrons.